The normalized spacial score (nSPS) is 11.3. The fourth-order valence-electron chi connectivity index (χ4n) is 5.98. The number of aliphatic hydroxyl groups excluding tert-OH is 1. The molecule has 19 nitrogen and oxygen atoms in total. The first kappa shape index (κ1) is 69.5. The molecular formula is C46H91N5O14S. The molecule has 3 amide bonds. The first-order valence-corrected chi connectivity index (χ1v) is 24.8. The minimum Gasteiger partial charge on any atom is -0.481 e. The number of ether oxygens (including phenoxy) is 4. The summed E-state index contributed by atoms with van der Waals surface area (Å²) in [6.45, 7) is 4.59. The highest BCUT2D eigenvalue weighted by atomic mass is 32.1. The van der Waals surface area contributed by atoms with E-state index in [0.717, 1.165) is 32.0 Å². The maximum absolute atomic E-state index is 11.7. The summed E-state index contributed by atoms with van der Waals surface area (Å²) >= 11 is 3.53. The number of hydrogen-bond donors (Lipinski definition) is 9. The number of carboxylic acids is 1. The first-order chi connectivity index (χ1) is 32.2. The minimum absolute atomic E-state index is 0.0154. The molecule has 2 atom stereocenters. The van der Waals surface area contributed by atoms with Crippen LogP contribution in [0.5, 0.6) is 0 Å². The Kier molecular flexibility index (Phi) is 65.2. The van der Waals surface area contributed by atoms with Crippen molar-refractivity contribution in [2.75, 3.05) is 92.4 Å². The molecular weight excluding hydrogens is 879 g/mol. The number of thiol groups is 1. The van der Waals surface area contributed by atoms with Gasteiger partial charge in [-0.3, -0.25) is 19.2 Å². The van der Waals surface area contributed by atoms with Crippen LogP contribution < -0.4 is 26.7 Å². The predicted octanol–water partition coefficient (Wildman–Crippen LogP) is 4.13. The number of likely N-dealkylation sites (N-methyl/N-ethyl adjacent to an activating group) is 1. The maximum Gasteiger partial charge on any atom is 0.303 e. The van der Waals surface area contributed by atoms with Crippen molar-refractivity contribution in [3.8, 4) is 0 Å². The zero-order valence-corrected chi connectivity index (χ0v) is 41.4. The highest BCUT2D eigenvalue weighted by Crippen LogP contribution is 2.14. The van der Waals surface area contributed by atoms with Crippen LogP contribution in [0.3, 0.4) is 0 Å². The predicted molar refractivity (Wildman–Crippen MR) is 259 cm³/mol. The zero-order valence-electron chi connectivity index (χ0n) is 40.5. The Morgan fingerprint density at radius 1 is 0.561 bits per heavy atom. The van der Waals surface area contributed by atoms with Crippen molar-refractivity contribution in [1.82, 2.24) is 26.7 Å². The van der Waals surface area contributed by atoms with Gasteiger partial charge in [0.2, 0.25) is 17.7 Å². The van der Waals surface area contributed by atoms with Gasteiger partial charge in [0.25, 0.3) is 0 Å². The van der Waals surface area contributed by atoms with Gasteiger partial charge < -0.3 is 70.0 Å². The van der Waals surface area contributed by atoms with Crippen LogP contribution in [0.4, 0.5) is 0 Å². The second-order valence-corrected chi connectivity index (χ2v) is 15.2. The summed E-state index contributed by atoms with van der Waals surface area (Å²) in [5.41, 5.74) is 1.90. The molecule has 20 heteroatoms. The van der Waals surface area contributed by atoms with Gasteiger partial charge in [-0.1, -0.05) is 89.9 Å². The number of hydroxylamine groups is 1. The van der Waals surface area contributed by atoms with E-state index in [-0.39, 0.29) is 70.0 Å². The van der Waals surface area contributed by atoms with Gasteiger partial charge in [-0.2, -0.15) is 18.1 Å². The second-order valence-electron chi connectivity index (χ2n) is 15.2. The summed E-state index contributed by atoms with van der Waals surface area (Å²) in [6.07, 6.45) is 27.3. The Morgan fingerprint density at radius 2 is 0.985 bits per heavy atom. The number of amides is 3. The van der Waals surface area contributed by atoms with Crippen molar-refractivity contribution in [1.29, 1.82) is 0 Å². The molecule has 0 heterocycles. The lowest BCUT2D eigenvalue weighted by Gasteiger charge is -2.12. The summed E-state index contributed by atoms with van der Waals surface area (Å²) in [5, 5.41) is 37.3. The first-order valence-electron chi connectivity index (χ1n) is 23.9. The summed E-state index contributed by atoms with van der Waals surface area (Å²) < 4.78 is 21.1. The van der Waals surface area contributed by atoms with E-state index in [4.69, 9.17) is 39.2 Å². The van der Waals surface area contributed by atoms with Crippen molar-refractivity contribution in [2.24, 2.45) is 0 Å². The van der Waals surface area contributed by atoms with E-state index in [1.165, 1.54) is 83.5 Å². The lowest BCUT2D eigenvalue weighted by atomic mass is 10.0. The molecule has 0 aromatic carbocycles. The lowest BCUT2D eigenvalue weighted by molar-refractivity contribution is -0.137. The van der Waals surface area contributed by atoms with Crippen molar-refractivity contribution in [2.45, 2.75) is 160 Å². The number of rotatable bonds is 47. The van der Waals surface area contributed by atoms with E-state index in [1.54, 1.807) is 13.3 Å². The zero-order chi connectivity index (χ0) is 50.0. The quantitative estimate of drug-likeness (QED) is 0.0180. The molecule has 0 aromatic heterocycles. The molecule has 0 aliphatic rings. The minimum atomic E-state index is -0.664. The average Bonchev–Trinajstić information content (AvgIpc) is 3.33. The summed E-state index contributed by atoms with van der Waals surface area (Å²) in [6, 6.07) is -0.679. The largest absolute Gasteiger partial charge is 0.481 e. The van der Waals surface area contributed by atoms with Crippen molar-refractivity contribution < 1.29 is 67.9 Å². The lowest BCUT2D eigenvalue weighted by Crippen LogP contribution is -2.33. The van der Waals surface area contributed by atoms with Crippen LogP contribution >= 0.6 is 12.6 Å². The van der Waals surface area contributed by atoms with E-state index < -0.39 is 12.0 Å². The molecule has 66 heavy (non-hydrogen) atoms. The number of nitrogens with one attached hydrogen (secondary N) is 5. The van der Waals surface area contributed by atoms with Crippen LogP contribution in [0.1, 0.15) is 148 Å². The molecule has 0 fully saturated rings. The fraction of sp³-hybridized carbons (Fsp3) is 0.848. The Labute approximate surface area is 401 Å². The van der Waals surface area contributed by atoms with Crippen LogP contribution in [-0.4, -0.2) is 163 Å². The van der Waals surface area contributed by atoms with Gasteiger partial charge in [0.05, 0.1) is 52.3 Å². The second kappa shape index (κ2) is 61.9. The van der Waals surface area contributed by atoms with Gasteiger partial charge in [-0.25, -0.2) is 0 Å². The number of aliphatic carboxylic acids is 1. The van der Waals surface area contributed by atoms with Gasteiger partial charge in [0, 0.05) is 44.9 Å². The molecule has 390 valence electrons. The summed E-state index contributed by atoms with van der Waals surface area (Å²) in [5.74, 6) is -1.30. The molecule has 0 aromatic rings. The van der Waals surface area contributed by atoms with E-state index in [9.17, 15) is 28.8 Å². The molecule has 0 saturated heterocycles. The third-order valence-corrected chi connectivity index (χ3v) is 9.75. The van der Waals surface area contributed by atoms with Crippen molar-refractivity contribution >= 4 is 55.7 Å². The van der Waals surface area contributed by atoms with Gasteiger partial charge in [-0.15, -0.1) is 0 Å². The van der Waals surface area contributed by atoms with Crippen LogP contribution in [-0.2, 0) is 52.5 Å². The topological polar surface area (TPSA) is 277 Å². The maximum atomic E-state index is 11.7. The number of unbranched alkanes of at least 4 members (excludes halogenated alkanes) is 17. The molecule has 0 aliphatic carbocycles. The van der Waals surface area contributed by atoms with Crippen molar-refractivity contribution in [3.05, 3.63) is 0 Å². The van der Waals surface area contributed by atoms with E-state index >= 15 is 0 Å². The van der Waals surface area contributed by atoms with Crippen molar-refractivity contribution in [3.63, 3.8) is 0 Å². The third-order valence-electron chi connectivity index (χ3n) is 9.75. The van der Waals surface area contributed by atoms with Gasteiger partial charge in [0.15, 0.2) is 0 Å². The number of aldehydes is 2. The number of carboxylic acid groups (broad SMARTS) is 1. The molecule has 0 radical (unpaired) electrons. The number of hydrogen-bond acceptors (Lipinski definition) is 16. The molecule has 0 bridgehead atoms. The standard InChI is InChI=1S/C24H47N5O10.C20H38O3.CH2O.CH4S/c1-25-20(16-30)5-6-22(32)27-8-10-36-12-15-39-19-24(34)28-9-11-37-13-14-38-18-23(33)26-7-3-2-4-21(17-31)29-35;21-19-17-15-13-11-9-7-5-3-1-2-4-6-8-10-12-14-16-18-20(22)23;2*1-2/h17,20-21,25,29-30,35H,2-16,18-19H2,1H3,(H,26,33)(H,27,32)(H,28,34);19H,1-18H2,(H,22,23);1H2;2H,1H3/t20-,21?;;;/m0.../s1. The van der Waals surface area contributed by atoms with Crippen LogP contribution in [0.25, 0.3) is 0 Å². The SMILES string of the molecule is C=O.CN[C@H](CO)CCC(=O)NCCOCCOCC(=O)NCCOCCOCC(=O)NCCCCC(C=O)NO.CS.O=CCCCCCCCCCCCCCCCCCCC(=O)O. The molecule has 0 aliphatic heterocycles. The van der Waals surface area contributed by atoms with E-state index in [0.29, 0.717) is 77.7 Å². The Bertz CT molecular complexity index is 1080. The molecule has 0 rings (SSSR count). The highest BCUT2D eigenvalue weighted by Gasteiger charge is 2.08. The van der Waals surface area contributed by atoms with Crippen LogP contribution in [0.15, 0.2) is 0 Å². The summed E-state index contributed by atoms with van der Waals surface area (Å²) in [4.78, 5) is 74.1. The van der Waals surface area contributed by atoms with E-state index in [2.05, 4.69) is 33.9 Å². The molecule has 0 spiro atoms. The van der Waals surface area contributed by atoms with E-state index in [1.807, 2.05) is 12.3 Å². The van der Waals surface area contributed by atoms with Gasteiger partial charge >= 0.3 is 5.97 Å². The van der Waals surface area contributed by atoms with Gasteiger partial charge in [0.1, 0.15) is 32.6 Å². The van der Waals surface area contributed by atoms with Crippen LogP contribution in [0, 0.1) is 0 Å². The summed E-state index contributed by atoms with van der Waals surface area (Å²) in [7, 11) is 1.73. The Hall–Kier alpha value is -3.08. The molecule has 1 unspecified atom stereocenters. The Balaban J connectivity index is -0.000000605. The van der Waals surface area contributed by atoms with Crippen LogP contribution in [0.2, 0.25) is 0 Å². The number of aliphatic hydroxyl groups is 1. The molecule has 0 saturated carbocycles. The smallest absolute Gasteiger partial charge is 0.303 e. The number of carbonyl (C=O) groups is 7. The fourth-order valence-corrected chi connectivity index (χ4v) is 5.98. The average molecular weight is 970 g/mol. The van der Waals surface area contributed by atoms with Gasteiger partial charge in [-0.05, 0) is 51.8 Å². The highest BCUT2D eigenvalue weighted by molar-refractivity contribution is 7.79. The third kappa shape index (κ3) is 60.9. The number of carbonyl (C=O) groups excluding carboxylic acids is 6. The Morgan fingerprint density at radius 3 is 1.39 bits per heavy atom. The monoisotopic (exact) mass is 970 g/mol. The molecule has 8 N–H and O–H groups in total.